The highest BCUT2D eigenvalue weighted by molar-refractivity contribution is 5.45. The quantitative estimate of drug-likeness (QED) is 0.772. The number of benzene rings is 1. The predicted octanol–water partition coefficient (Wildman–Crippen LogP) is 1.09. The monoisotopic (exact) mass is 233 g/mol. The van der Waals surface area contributed by atoms with Crippen LogP contribution in [-0.4, -0.2) is 43.3 Å². The number of aliphatic hydroxyl groups is 1. The Morgan fingerprint density at radius 1 is 1.35 bits per heavy atom. The van der Waals surface area contributed by atoms with E-state index in [1.807, 2.05) is 43.3 Å². The van der Waals surface area contributed by atoms with E-state index in [0.29, 0.717) is 19.5 Å². The topological polar surface area (TPSA) is 59.3 Å². The first-order valence-electron chi connectivity index (χ1n) is 5.64. The average Bonchev–Trinajstić information content (AvgIpc) is 2.28. The molecule has 0 aliphatic heterocycles. The highest BCUT2D eigenvalue weighted by Crippen LogP contribution is 2.09. The summed E-state index contributed by atoms with van der Waals surface area (Å²) >= 11 is 0. The summed E-state index contributed by atoms with van der Waals surface area (Å²) in [6, 6.07) is 9.80. The molecule has 1 aromatic carbocycles. The van der Waals surface area contributed by atoms with Crippen molar-refractivity contribution in [3.63, 3.8) is 0 Å². The largest absolute Gasteiger partial charge is 0.390 e. The van der Waals surface area contributed by atoms with E-state index in [9.17, 15) is 5.11 Å². The lowest BCUT2D eigenvalue weighted by Gasteiger charge is -2.17. The lowest BCUT2D eigenvalue weighted by atomic mass is 10.1. The lowest BCUT2D eigenvalue weighted by molar-refractivity contribution is 0.148. The average molecular weight is 233 g/mol. The van der Waals surface area contributed by atoms with Gasteiger partial charge in [-0.25, -0.2) is 0 Å². The molecule has 4 nitrogen and oxygen atoms in total. The van der Waals surface area contributed by atoms with Crippen molar-refractivity contribution in [3.8, 4) is 6.07 Å². The van der Waals surface area contributed by atoms with Crippen LogP contribution in [0.2, 0.25) is 0 Å². The number of hydrogen-bond acceptors (Lipinski definition) is 4. The van der Waals surface area contributed by atoms with E-state index >= 15 is 0 Å². The van der Waals surface area contributed by atoms with Crippen LogP contribution in [-0.2, 0) is 6.42 Å². The molecule has 0 amide bonds. The van der Waals surface area contributed by atoms with E-state index in [4.69, 9.17) is 5.26 Å². The minimum Gasteiger partial charge on any atom is -0.390 e. The SMILES string of the molecule is CN(C)CC(O)CNc1ccc(CC#N)cc1. The summed E-state index contributed by atoms with van der Waals surface area (Å²) in [6.45, 7) is 1.16. The Morgan fingerprint density at radius 3 is 2.53 bits per heavy atom. The van der Waals surface area contributed by atoms with Gasteiger partial charge in [0.25, 0.3) is 0 Å². The molecule has 4 heteroatoms. The molecule has 1 aromatic rings. The fraction of sp³-hybridized carbons (Fsp3) is 0.462. The highest BCUT2D eigenvalue weighted by Gasteiger charge is 2.04. The number of nitrogens with one attached hydrogen (secondary N) is 1. The third kappa shape index (κ3) is 5.34. The number of anilines is 1. The van der Waals surface area contributed by atoms with E-state index in [1.165, 1.54) is 0 Å². The number of nitriles is 1. The molecule has 0 bridgehead atoms. The molecule has 1 unspecified atom stereocenters. The molecule has 0 aliphatic rings. The second-order valence-corrected chi connectivity index (χ2v) is 4.33. The van der Waals surface area contributed by atoms with E-state index in [2.05, 4.69) is 11.4 Å². The summed E-state index contributed by atoms with van der Waals surface area (Å²) in [5.74, 6) is 0. The molecule has 17 heavy (non-hydrogen) atoms. The van der Waals surface area contributed by atoms with Gasteiger partial charge in [-0.3, -0.25) is 0 Å². The van der Waals surface area contributed by atoms with Crippen molar-refractivity contribution in [3.05, 3.63) is 29.8 Å². The van der Waals surface area contributed by atoms with Crippen LogP contribution in [0.4, 0.5) is 5.69 Å². The molecule has 2 N–H and O–H groups in total. The highest BCUT2D eigenvalue weighted by atomic mass is 16.3. The zero-order valence-electron chi connectivity index (χ0n) is 10.3. The molecule has 0 radical (unpaired) electrons. The second-order valence-electron chi connectivity index (χ2n) is 4.33. The standard InChI is InChI=1S/C13H19N3O/c1-16(2)10-13(17)9-15-12-5-3-11(4-6-12)7-8-14/h3-6,13,15,17H,7,9-10H2,1-2H3. The van der Waals surface area contributed by atoms with Crippen molar-refractivity contribution < 1.29 is 5.11 Å². The minimum atomic E-state index is -0.385. The number of likely N-dealkylation sites (N-methyl/N-ethyl adjacent to an activating group) is 1. The van der Waals surface area contributed by atoms with Crippen molar-refractivity contribution in [2.75, 3.05) is 32.5 Å². The minimum absolute atomic E-state index is 0.385. The van der Waals surface area contributed by atoms with Crippen molar-refractivity contribution in [2.45, 2.75) is 12.5 Å². The summed E-state index contributed by atoms with van der Waals surface area (Å²) in [7, 11) is 3.86. The molecule has 0 aliphatic carbocycles. The molecule has 1 rings (SSSR count). The van der Waals surface area contributed by atoms with Crippen LogP contribution in [0.3, 0.4) is 0 Å². The summed E-state index contributed by atoms with van der Waals surface area (Å²) in [5.41, 5.74) is 1.97. The van der Waals surface area contributed by atoms with Gasteiger partial charge >= 0.3 is 0 Å². The van der Waals surface area contributed by atoms with Crippen LogP contribution >= 0.6 is 0 Å². The van der Waals surface area contributed by atoms with Gasteiger partial charge in [0.2, 0.25) is 0 Å². The Bertz CT molecular complexity index is 367. The van der Waals surface area contributed by atoms with Crippen molar-refractivity contribution in [1.29, 1.82) is 5.26 Å². The van der Waals surface area contributed by atoms with E-state index in [1.54, 1.807) is 0 Å². The molecule has 0 fully saturated rings. The maximum absolute atomic E-state index is 9.67. The third-order valence-corrected chi connectivity index (χ3v) is 2.35. The summed E-state index contributed by atoms with van der Waals surface area (Å²) in [5, 5.41) is 21.4. The zero-order chi connectivity index (χ0) is 12.7. The normalized spacial score (nSPS) is 12.2. The number of aliphatic hydroxyl groups excluding tert-OH is 1. The number of hydrogen-bond donors (Lipinski definition) is 2. The van der Waals surface area contributed by atoms with Crippen LogP contribution in [0.1, 0.15) is 5.56 Å². The van der Waals surface area contributed by atoms with Crippen LogP contribution in [0, 0.1) is 11.3 Å². The van der Waals surface area contributed by atoms with Crippen LogP contribution in [0.25, 0.3) is 0 Å². The Morgan fingerprint density at radius 2 is 2.00 bits per heavy atom. The van der Waals surface area contributed by atoms with Crippen molar-refractivity contribution in [1.82, 2.24) is 4.90 Å². The van der Waals surface area contributed by atoms with Crippen LogP contribution in [0.5, 0.6) is 0 Å². The Balaban J connectivity index is 2.39. The molecule has 0 saturated carbocycles. The smallest absolute Gasteiger partial charge is 0.0838 e. The Hall–Kier alpha value is -1.57. The zero-order valence-corrected chi connectivity index (χ0v) is 10.3. The molecular weight excluding hydrogens is 214 g/mol. The predicted molar refractivity (Wildman–Crippen MR) is 68.8 cm³/mol. The summed E-state index contributed by atoms with van der Waals surface area (Å²) < 4.78 is 0. The molecule has 92 valence electrons. The van der Waals surface area contributed by atoms with Gasteiger partial charge in [-0.1, -0.05) is 12.1 Å². The first-order valence-corrected chi connectivity index (χ1v) is 5.64. The van der Waals surface area contributed by atoms with Gasteiger partial charge in [-0.15, -0.1) is 0 Å². The van der Waals surface area contributed by atoms with Gasteiger partial charge in [-0.05, 0) is 31.8 Å². The summed E-state index contributed by atoms with van der Waals surface area (Å²) in [4.78, 5) is 1.95. The maximum Gasteiger partial charge on any atom is 0.0838 e. The molecule has 0 spiro atoms. The molecule has 0 aromatic heterocycles. The van der Waals surface area contributed by atoms with Gasteiger partial charge in [0, 0.05) is 18.8 Å². The number of nitrogens with zero attached hydrogens (tertiary/aromatic N) is 2. The first-order chi connectivity index (χ1) is 8.11. The Labute approximate surface area is 102 Å². The summed E-state index contributed by atoms with van der Waals surface area (Å²) in [6.07, 6.45) is 0.0487. The molecule has 1 atom stereocenters. The van der Waals surface area contributed by atoms with Gasteiger partial charge in [0.15, 0.2) is 0 Å². The van der Waals surface area contributed by atoms with E-state index < -0.39 is 0 Å². The third-order valence-electron chi connectivity index (χ3n) is 2.35. The van der Waals surface area contributed by atoms with Crippen LogP contribution < -0.4 is 5.32 Å². The number of rotatable bonds is 6. The van der Waals surface area contributed by atoms with Crippen LogP contribution in [0.15, 0.2) is 24.3 Å². The van der Waals surface area contributed by atoms with Crippen molar-refractivity contribution >= 4 is 5.69 Å². The maximum atomic E-state index is 9.67. The van der Waals surface area contributed by atoms with Gasteiger partial charge in [0.1, 0.15) is 0 Å². The van der Waals surface area contributed by atoms with Gasteiger partial charge in [-0.2, -0.15) is 5.26 Å². The molecular formula is C13H19N3O. The lowest BCUT2D eigenvalue weighted by Crippen LogP contribution is -2.31. The first kappa shape index (κ1) is 13.5. The van der Waals surface area contributed by atoms with E-state index in [0.717, 1.165) is 11.3 Å². The van der Waals surface area contributed by atoms with Gasteiger partial charge in [0.05, 0.1) is 18.6 Å². The second kappa shape index (κ2) is 6.89. The fourth-order valence-electron chi connectivity index (χ4n) is 1.55. The fourth-order valence-corrected chi connectivity index (χ4v) is 1.55. The molecule has 0 saturated heterocycles. The van der Waals surface area contributed by atoms with E-state index in [-0.39, 0.29) is 6.10 Å². The molecule has 0 heterocycles. The Kier molecular flexibility index (Phi) is 5.47. The van der Waals surface area contributed by atoms with Crippen molar-refractivity contribution in [2.24, 2.45) is 0 Å². The van der Waals surface area contributed by atoms with Gasteiger partial charge < -0.3 is 15.3 Å².